The van der Waals surface area contributed by atoms with Crippen LogP contribution in [0.15, 0.2) is 22.2 Å². The van der Waals surface area contributed by atoms with Crippen LogP contribution in [0.5, 0.6) is 0 Å². The number of thiazole rings is 1. The zero-order valence-corrected chi connectivity index (χ0v) is 16.7. The first-order valence-electron chi connectivity index (χ1n) is 9.05. The van der Waals surface area contributed by atoms with E-state index < -0.39 is 0 Å². The van der Waals surface area contributed by atoms with Gasteiger partial charge in [-0.25, -0.2) is 4.98 Å². The average molecular weight is 378 g/mol. The van der Waals surface area contributed by atoms with Crippen molar-refractivity contribution in [1.82, 2.24) is 14.8 Å². The van der Waals surface area contributed by atoms with Crippen LogP contribution in [0.25, 0.3) is 10.6 Å². The Kier molecular flexibility index (Phi) is 6.62. The highest BCUT2D eigenvalue weighted by Gasteiger charge is 2.23. The minimum Gasteiger partial charge on any atom is -0.336 e. The molecular weight excluding hydrogens is 350 g/mol. The van der Waals surface area contributed by atoms with E-state index in [4.69, 9.17) is 0 Å². The predicted octanol–water partition coefficient (Wildman–Crippen LogP) is 4.46. The molecule has 1 amide bonds. The van der Waals surface area contributed by atoms with Crippen LogP contribution < -0.4 is 0 Å². The molecule has 4 nitrogen and oxygen atoms in total. The standard InChI is InChI=1S/C19H27N3OS2/c1-21(2)9-10-22(12-15-6-4-3-5-7-15)19(23)17-14-25-18(20-17)16-8-11-24-13-16/h8,11,13-15H,3-7,9-10,12H2,1-2H3. The van der Waals surface area contributed by atoms with Gasteiger partial charge in [0.1, 0.15) is 10.7 Å². The van der Waals surface area contributed by atoms with Crippen LogP contribution in [0.1, 0.15) is 42.6 Å². The lowest BCUT2D eigenvalue weighted by Crippen LogP contribution is -2.40. The second-order valence-electron chi connectivity index (χ2n) is 7.11. The highest BCUT2D eigenvalue weighted by Crippen LogP contribution is 2.27. The number of hydrogen-bond donors (Lipinski definition) is 0. The second-order valence-corrected chi connectivity index (χ2v) is 8.75. The summed E-state index contributed by atoms with van der Waals surface area (Å²) in [6.07, 6.45) is 6.46. The first-order valence-corrected chi connectivity index (χ1v) is 10.9. The monoisotopic (exact) mass is 377 g/mol. The summed E-state index contributed by atoms with van der Waals surface area (Å²) in [6, 6.07) is 2.06. The Balaban J connectivity index is 1.70. The minimum absolute atomic E-state index is 0.0881. The van der Waals surface area contributed by atoms with Crippen LogP contribution in [-0.4, -0.2) is 54.4 Å². The number of nitrogens with zero attached hydrogens (tertiary/aromatic N) is 3. The molecule has 1 aliphatic rings. The van der Waals surface area contributed by atoms with Crippen LogP contribution in [0, 0.1) is 5.92 Å². The molecule has 1 saturated carbocycles. The Morgan fingerprint density at radius 2 is 2.00 bits per heavy atom. The number of amides is 1. The maximum Gasteiger partial charge on any atom is 0.273 e. The summed E-state index contributed by atoms with van der Waals surface area (Å²) in [7, 11) is 4.11. The normalized spacial score (nSPS) is 15.6. The Labute approximate surface area is 158 Å². The lowest BCUT2D eigenvalue weighted by molar-refractivity contribution is 0.0696. The van der Waals surface area contributed by atoms with E-state index >= 15 is 0 Å². The summed E-state index contributed by atoms with van der Waals surface area (Å²) in [6.45, 7) is 2.53. The van der Waals surface area contributed by atoms with E-state index in [0.717, 1.165) is 30.2 Å². The van der Waals surface area contributed by atoms with Crippen molar-refractivity contribution in [2.45, 2.75) is 32.1 Å². The van der Waals surface area contributed by atoms with E-state index in [2.05, 4.69) is 35.4 Å². The molecule has 0 bridgehead atoms. The molecule has 0 unspecified atom stereocenters. The Morgan fingerprint density at radius 1 is 1.20 bits per heavy atom. The molecule has 0 aromatic carbocycles. The summed E-state index contributed by atoms with van der Waals surface area (Å²) in [5, 5.41) is 6.98. The van der Waals surface area contributed by atoms with Gasteiger partial charge in [-0.2, -0.15) is 11.3 Å². The third-order valence-corrected chi connectivity index (χ3v) is 6.37. The molecule has 25 heavy (non-hydrogen) atoms. The predicted molar refractivity (Wildman–Crippen MR) is 106 cm³/mol. The fourth-order valence-electron chi connectivity index (χ4n) is 3.33. The third-order valence-electron chi connectivity index (χ3n) is 4.80. The fourth-order valence-corrected chi connectivity index (χ4v) is 4.84. The Bertz CT molecular complexity index is 660. The molecule has 0 atom stereocenters. The minimum atomic E-state index is 0.0881. The molecule has 0 aliphatic heterocycles. The number of aromatic nitrogens is 1. The SMILES string of the molecule is CN(C)CCN(CC1CCCCC1)C(=O)c1csc(-c2ccsc2)n1. The maximum atomic E-state index is 13.1. The van der Waals surface area contributed by atoms with Crippen molar-refractivity contribution in [3.05, 3.63) is 27.9 Å². The van der Waals surface area contributed by atoms with E-state index in [9.17, 15) is 4.79 Å². The molecule has 2 heterocycles. The van der Waals surface area contributed by atoms with Crippen molar-refractivity contribution in [3.8, 4) is 10.6 Å². The van der Waals surface area contributed by atoms with Crippen LogP contribution in [-0.2, 0) is 0 Å². The third kappa shape index (κ3) is 5.12. The largest absolute Gasteiger partial charge is 0.336 e. The number of hydrogen-bond acceptors (Lipinski definition) is 5. The maximum absolute atomic E-state index is 13.1. The molecule has 2 aromatic heterocycles. The highest BCUT2D eigenvalue weighted by molar-refractivity contribution is 7.14. The summed E-state index contributed by atoms with van der Waals surface area (Å²) in [5.74, 6) is 0.736. The van der Waals surface area contributed by atoms with Gasteiger partial charge in [-0.3, -0.25) is 4.79 Å². The van der Waals surface area contributed by atoms with Gasteiger partial charge in [-0.1, -0.05) is 19.3 Å². The number of carbonyl (C=O) groups is 1. The summed E-state index contributed by atoms with van der Waals surface area (Å²) in [5.41, 5.74) is 1.71. The molecule has 3 rings (SSSR count). The number of thiophene rings is 1. The van der Waals surface area contributed by atoms with Gasteiger partial charge in [0.2, 0.25) is 0 Å². The van der Waals surface area contributed by atoms with E-state index in [-0.39, 0.29) is 5.91 Å². The first kappa shape index (κ1) is 18.5. The summed E-state index contributed by atoms with van der Waals surface area (Å²) >= 11 is 3.22. The van der Waals surface area contributed by atoms with Gasteiger partial charge in [0.25, 0.3) is 5.91 Å². The number of carbonyl (C=O) groups excluding carboxylic acids is 1. The zero-order valence-electron chi connectivity index (χ0n) is 15.1. The van der Waals surface area contributed by atoms with Gasteiger partial charge < -0.3 is 9.80 Å². The summed E-state index contributed by atoms with van der Waals surface area (Å²) in [4.78, 5) is 21.9. The second kappa shape index (κ2) is 8.92. The molecule has 0 saturated heterocycles. The highest BCUT2D eigenvalue weighted by atomic mass is 32.1. The van der Waals surface area contributed by atoms with Crippen molar-refractivity contribution < 1.29 is 4.79 Å². The van der Waals surface area contributed by atoms with E-state index in [0.29, 0.717) is 11.6 Å². The van der Waals surface area contributed by atoms with E-state index in [1.807, 2.05) is 15.7 Å². The van der Waals surface area contributed by atoms with Crippen molar-refractivity contribution >= 4 is 28.6 Å². The molecule has 136 valence electrons. The van der Waals surface area contributed by atoms with Gasteiger partial charge in [-0.15, -0.1) is 11.3 Å². The molecule has 1 aliphatic carbocycles. The van der Waals surface area contributed by atoms with Crippen molar-refractivity contribution in [3.63, 3.8) is 0 Å². The Morgan fingerprint density at radius 3 is 2.68 bits per heavy atom. The fraction of sp³-hybridized carbons (Fsp3) is 0.579. The summed E-state index contributed by atoms with van der Waals surface area (Å²) < 4.78 is 0. The van der Waals surface area contributed by atoms with Crippen LogP contribution in [0.4, 0.5) is 0 Å². The molecule has 1 fully saturated rings. The number of likely N-dealkylation sites (N-methyl/N-ethyl adjacent to an activating group) is 1. The number of rotatable bonds is 7. The lowest BCUT2D eigenvalue weighted by Gasteiger charge is -2.30. The Hall–Kier alpha value is -1.24. The van der Waals surface area contributed by atoms with Gasteiger partial charge >= 0.3 is 0 Å². The van der Waals surface area contributed by atoms with E-state index in [1.54, 1.807) is 22.7 Å². The zero-order chi connectivity index (χ0) is 17.6. The molecule has 6 heteroatoms. The quantitative estimate of drug-likeness (QED) is 0.715. The smallest absolute Gasteiger partial charge is 0.273 e. The molecule has 0 radical (unpaired) electrons. The van der Waals surface area contributed by atoms with Gasteiger partial charge in [0.15, 0.2) is 0 Å². The van der Waals surface area contributed by atoms with Crippen molar-refractivity contribution in [2.24, 2.45) is 5.92 Å². The topological polar surface area (TPSA) is 36.4 Å². The average Bonchev–Trinajstić information content (AvgIpc) is 3.29. The van der Waals surface area contributed by atoms with Crippen LogP contribution in [0.2, 0.25) is 0 Å². The molecule has 0 N–H and O–H groups in total. The molecule has 0 spiro atoms. The van der Waals surface area contributed by atoms with Gasteiger partial charge in [-0.05, 0) is 44.3 Å². The molecular formula is C19H27N3OS2. The van der Waals surface area contributed by atoms with Crippen LogP contribution >= 0.6 is 22.7 Å². The lowest BCUT2D eigenvalue weighted by atomic mass is 9.89. The van der Waals surface area contributed by atoms with Gasteiger partial charge in [0.05, 0.1) is 0 Å². The van der Waals surface area contributed by atoms with Crippen molar-refractivity contribution in [2.75, 3.05) is 33.7 Å². The van der Waals surface area contributed by atoms with Crippen molar-refractivity contribution in [1.29, 1.82) is 0 Å². The molecule has 2 aromatic rings. The first-order chi connectivity index (χ1) is 12.1. The van der Waals surface area contributed by atoms with Gasteiger partial charge in [0, 0.05) is 36.0 Å². The van der Waals surface area contributed by atoms with E-state index in [1.165, 1.54) is 32.1 Å². The van der Waals surface area contributed by atoms with Crippen LogP contribution in [0.3, 0.4) is 0 Å².